The molecule has 0 spiro atoms. The Hall–Kier alpha value is -1.27. The van der Waals surface area contributed by atoms with Crippen LogP contribution in [0.1, 0.15) is 5.56 Å². The number of aliphatic hydroxyl groups is 1. The van der Waals surface area contributed by atoms with Gasteiger partial charge in [0.25, 0.3) is 0 Å². The van der Waals surface area contributed by atoms with Crippen molar-refractivity contribution in [3.8, 4) is 11.8 Å². The van der Waals surface area contributed by atoms with Crippen molar-refractivity contribution < 1.29 is 21.9 Å². The summed E-state index contributed by atoms with van der Waals surface area (Å²) in [5.41, 5.74) is 0.336. The zero-order chi connectivity index (χ0) is 15.4. The summed E-state index contributed by atoms with van der Waals surface area (Å²) in [4.78, 5) is 0. The van der Waals surface area contributed by atoms with Crippen molar-refractivity contribution in [2.24, 2.45) is 0 Å². The fraction of sp³-hybridized carbons (Fsp3) is 0.273. The van der Waals surface area contributed by atoms with Crippen LogP contribution < -0.4 is 4.72 Å². The molecule has 0 atom stereocenters. The highest BCUT2D eigenvalue weighted by molar-refractivity contribution is 8.08. The first-order valence-corrected chi connectivity index (χ1v) is 9.29. The minimum absolute atomic E-state index is 0.0575. The van der Waals surface area contributed by atoms with Gasteiger partial charge in [-0.2, -0.15) is 0 Å². The largest absolute Gasteiger partial charge is 0.384 e. The van der Waals surface area contributed by atoms with Gasteiger partial charge in [0, 0.05) is 16.8 Å². The maximum atomic E-state index is 11.7. The van der Waals surface area contributed by atoms with Crippen LogP contribution >= 0.6 is 11.6 Å². The van der Waals surface area contributed by atoms with E-state index in [1.165, 1.54) is 18.2 Å². The van der Waals surface area contributed by atoms with E-state index in [-0.39, 0.29) is 16.3 Å². The second-order valence-electron chi connectivity index (χ2n) is 3.91. The number of aliphatic hydroxyl groups excluding tert-OH is 1. The Morgan fingerprint density at radius 2 is 1.95 bits per heavy atom. The third-order valence-electron chi connectivity index (χ3n) is 1.92. The van der Waals surface area contributed by atoms with Crippen molar-refractivity contribution in [2.75, 3.05) is 22.7 Å². The van der Waals surface area contributed by atoms with E-state index in [1.807, 2.05) is 0 Å². The lowest BCUT2D eigenvalue weighted by molar-refractivity contribution is 0.350. The van der Waals surface area contributed by atoms with Gasteiger partial charge in [-0.25, -0.2) is 16.8 Å². The van der Waals surface area contributed by atoms with Crippen molar-refractivity contribution >= 4 is 37.1 Å². The molecular weight excluding hydrogens is 326 g/mol. The van der Waals surface area contributed by atoms with Gasteiger partial charge < -0.3 is 5.11 Å². The molecular formula is C11H12ClNO5S2. The molecule has 0 fully saturated rings. The zero-order valence-corrected chi connectivity index (χ0v) is 12.8. The molecule has 0 heterocycles. The van der Waals surface area contributed by atoms with Crippen molar-refractivity contribution in [3.05, 3.63) is 28.8 Å². The number of sulfonamides is 1. The minimum Gasteiger partial charge on any atom is -0.384 e. The van der Waals surface area contributed by atoms with Crippen LogP contribution in [0.2, 0.25) is 5.02 Å². The summed E-state index contributed by atoms with van der Waals surface area (Å²) < 4.78 is 47.7. The maximum Gasteiger partial charge on any atom is 0.247 e. The number of benzene rings is 1. The van der Waals surface area contributed by atoms with Gasteiger partial charge in [-0.15, -0.1) is 0 Å². The number of hydrogen-bond acceptors (Lipinski definition) is 5. The molecule has 0 saturated heterocycles. The van der Waals surface area contributed by atoms with Crippen LogP contribution in [-0.2, 0) is 19.9 Å². The molecule has 0 aliphatic carbocycles. The first-order chi connectivity index (χ1) is 9.13. The Bertz CT molecular complexity index is 760. The lowest BCUT2D eigenvalue weighted by atomic mass is 10.2. The Kier molecular flexibility index (Phi) is 5.42. The second-order valence-corrected chi connectivity index (χ2v) is 8.57. The molecule has 0 saturated carbocycles. The molecule has 2 N–H and O–H groups in total. The van der Waals surface area contributed by atoms with Crippen LogP contribution in [-0.4, -0.2) is 39.9 Å². The van der Waals surface area contributed by atoms with Gasteiger partial charge in [0.05, 0.1) is 5.69 Å². The predicted octanol–water partition coefficient (Wildman–Crippen LogP) is 0.428. The fourth-order valence-electron chi connectivity index (χ4n) is 1.32. The summed E-state index contributed by atoms with van der Waals surface area (Å²) in [6, 6.07) is 4.27. The molecule has 110 valence electrons. The van der Waals surface area contributed by atoms with Gasteiger partial charge in [-0.3, -0.25) is 4.72 Å². The predicted molar refractivity (Wildman–Crippen MR) is 77.7 cm³/mol. The summed E-state index contributed by atoms with van der Waals surface area (Å²) in [6.07, 6.45) is 0.816. The van der Waals surface area contributed by atoms with E-state index in [0.29, 0.717) is 0 Å². The Labute approximate surface area is 122 Å². The SMILES string of the molecule is CS(=O)(=O)CS(=O)(=O)Nc1cc(Cl)ccc1C#CCO. The molecule has 20 heavy (non-hydrogen) atoms. The van der Waals surface area contributed by atoms with Gasteiger partial charge in [-0.05, 0) is 18.2 Å². The van der Waals surface area contributed by atoms with Crippen molar-refractivity contribution in [2.45, 2.75) is 0 Å². The standard InChI is InChI=1S/C11H12ClNO5S2/c1-19(15,16)8-20(17,18)13-11-7-10(12)5-4-9(11)3-2-6-14/h4-5,7,13-14H,6,8H2,1H3. The van der Waals surface area contributed by atoms with Crippen LogP contribution in [0.3, 0.4) is 0 Å². The molecule has 0 aliphatic rings. The summed E-state index contributed by atoms with van der Waals surface area (Å²) >= 11 is 5.76. The van der Waals surface area contributed by atoms with Crippen molar-refractivity contribution in [1.29, 1.82) is 0 Å². The Morgan fingerprint density at radius 3 is 2.50 bits per heavy atom. The van der Waals surface area contributed by atoms with Crippen molar-refractivity contribution in [1.82, 2.24) is 0 Å². The number of rotatable bonds is 4. The molecule has 0 aromatic heterocycles. The van der Waals surface area contributed by atoms with Gasteiger partial charge in [0.2, 0.25) is 10.0 Å². The molecule has 9 heteroatoms. The van der Waals surface area contributed by atoms with Crippen molar-refractivity contribution in [3.63, 3.8) is 0 Å². The zero-order valence-electron chi connectivity index (χ0n) is 10.4. The van der Waals surface area contributed by atoms with Crippen LogP contribution in [0.25, 0.3) is 0 Å². The molecule has 1 aromatic carbocycles. The number of anilines is 1. The van der Waals surface area contributed by atoms with Gasteiger partial charge >= 0.3 is 0 Å². The van der Waals surface area contributed by atoms with Gasteiger partial charge in [0.1, 0.15) is 6.61 Å². The van der Waals surface area contributed by atoms with E-state index < -0.39 is 31.6 Å². The lowest BCUT2D eigenvalue weighted by Crippen LogP contribution is -2.22. The van der Waals surface area contributed by atoms with Crippen LogP contribution in [0.5, 0.6) is 0 Å². The molecule has 0 aliphatic heterocycles. The number of halogens is 1. The summed E-state index contributed by atoms with van der Waals surface area (Å²) in [6.45, 7) is -0.391. The monoisotopic (exact) mass is 337 g/mol. The average molecular weight is 338 g/mol. The Balaban J connectivity index is 3.17. The first-order valence-electron chi connectivity index (χ1n) is 5.20. The van der Waals surface area contributed by atoms with Crippen LogP contribution in [0, 0.1) is 11.8 Å². The lowest BCUT2D eigenvalue weighted by Gasteiger charge is -2.09. The first kappa shape index (κ1) is 16.8. The highest BCUT2D eigenvalue weighted by Crippen LogP contribution is 2.21. The topological polar surface area (TPSA) is 101 Å². The highest BCUT2D eigenvalue weighted by Gasteiger charge is 2.19. The molecule has 1 aromatic rings. The summed E-state index contributed by atoms with van der Waals surface area (Å²) in [7, 11) is -7.78. The smallest absolute Gasteiger partial charge is 0.247 e. The molecule has 6 nitrogen and oxygen atoms in total. The van der Waals surface area contributed by atoms with E-state index in [2.05, 4.69) is 16.6 Å². The highest BCUT2D eigenvalue weighted by atomic mass is 35.5. The van der Waals surface area contributed by atoms with E-state index in [9.17, 15) is 16.8 Å². The summed E-state index contributed by atoms with van der Waals surface area (Å²) in [5, 5.41) is 7.86. The van der Waals surface area contributed by atoms with E-state index in [4.69, 9.17) is 16.7 Å². The van der Waals surface area contributed by atoms with E-state index >= 15 is 0 Å². The number of nitrogens with one attached hydrogen (secondary N) is 1. The quantitative estimate of drug-likeness (QED) is 0.776. The molecule has 0 radical (unpaired) electrons. The van der Waals surface area contributed by atoms with E-state index in [0.717, 1.165) is 6.26 Å². The minimum atomic E-state index is -4.08. The van der Waals surface area contributed by atoms with Crippen LogP contribution in [0.4, 0.5) is 5.69 Å². The molecule has 0 bridgehead atoms. The van der Waals surface area contributed by atoms with E-state index in [1.54, 1.807) is 0 Å². The average Bonchev–Trinajstić information content (AvgIpc) is 2.24. The Morgan fingerprint density at radius 1 is 1.30 bits per heavy atom. The fourth-order valence-corrected chi connectivity index (χ4v) is 4.49. The normalized spacial score (nSPS) is 11.6. The third kappa shape index (κ3) is 5.79. The van der Waals surface area contributed by atoms with Gasteiger partial charge in [0.15, 0.2) is 14.9 Å². The second kappa shape index (κ2) is 6.45. The molecule has 0 unspecified atom stereocenters. The molecule has 0 amide bonds. The van der Waals surface area contributed by atoms with Crippen LogP contribution in [0.15, 0.2) is 18.2 Å². The summed E-state index contributed by atoms with van der Waals surface area (Å²) in [5.74, 6) is 4.91. The number of hydrogen-bond donors (Lipinski definition) is 2. The molecule has 1 rings (SSSR count). The van der Waals surface area contributed by atoms with Gasteiger partial charge in [-0.1, -0.05) is 23.4 Å². The third-order valence-corrected chi connectivity index (χ3v) is 5.64. The maximum absolute atomic E-state index is 11.7. The number of sulfone groups is 1.